The third-order valence-electron chi connectivity index (χ3n) is 4.95. The molecule has 0 fully saturated rings. The molecule has 0 spiro atoms. The predicted octanol–water partition coefficient (Wildman–Crippen LogP) is 6.00. The van der Waals surface area contributed by atoms with E-state index >= 15 is 0 Å². The zero-order valence-corrected chi connectivity index (χ0v) is 15.8. The molecule has 27 heavy (non-hydrogen) atoms. The average molecular weight is 353 g/mol. The lowest BCUT2D eigenvalue weighted by atomic mass is 10.1. The Kier molecular flexibility index (Phi) is 4.85. The van der Waals surface area contributed by atoms with E-state index in [4.69, 9.17) is 4.74 Å². The Hall–Kier alpha value is -3.18. The van der Waals surface area contributed by atoms with Gasteiger partial charge in [0.05, 0.1) is 7.11 Å². The van der Waals surface area contributed by atoms with Crippen LogP contribution in [0.4, 0.5) is 0 Å². The van der Waals surface area contributed by atoms with Crippen molar-refractivity contribution in [2.45, 2.75) is 26.3 Å². The number of nitrogens with zero attached hydrogens (tertiary/aromatic N) is 1. The van der Waals surface area contributed by atoms with E-state index in [0.29, 0.717) is 0 Å². The number of hydrogen-bond acceptors (Lipinski definition) is 1. The van der Waals surface area contributed by atoms with E-state index in [1.54, 1.807) is 7.11 Å². The van der Waals surface area contributed by atoms with Crippen LogP contribution in [0.2, 0.25) is 0 Å². The van der Waals surface area contributed by atoms with Gasteiger partial charge in [0, 0.05) is 39.5 Å². The van der Waals surface area contributed by atoms with E-state index < -0.39 is 0 Å². The number of ether oxygens (including phenoxy) is 1. The number of unbranched alkanes of at least 4 members (excludes halogenated alkanes) is 1. The molecule has 0 saturated heterocycles. The van der Waals surface area contributed by atoms with Gasteiger partial charge in [-0.2, -0.15) is 0 Å². The zero-order chi connectivity index (χ0) is 18.6. The molecule has 2 heteroatoms. The number of hydrogen-bond donors (Lipinski definition) is 0. The molecule has 1 heterocycles. The molecule has 3 aromatic carbocycles. The lowest BCUT2D eigenvalue weighted by Gasteiger charge is -2.06. The lowest BCUT2D eigenvalue weighted by molar-refractivity contribution is 0.415. The van der Waals surface area contributed by atoms with Crippen LogP contribution < -0.4 is 4.74 Å². The normalized spacial score (nSPS) is 10.7. The Morgan fingerprint density at radius 1 is 0.815 bits per heavy atom. The van der Waals surface area contributed by atoms with Crippen LogP contribution in [-0.4, -0.2) is 11.7 Å². The van der Waals surface area contributed by atoms with Crippen molar-refractivity contribution in [2.24, 2.45) is 0 Å². The summed E-state index contributed by atoms with van der Waals surface area (Å²) in [5.41, 5.74) is 4.62. The van der Waals surface area contributed by atoms with E-state index in [0.717, 1.165) is 23.4 Å². The van der Waals surface area contributed by atoms with Gasteiger partial charge in [0.15, 0.2) is 0 Å². The first-order chi connectivity index (χ1) is 13.3. The van der Waals surface area contributed by atoms with Crippen molar-refractivity contribution >= 4 is 21.8 Å². The molecule has 0 aliphatic heterocycles. The van der Waals surface area contributed by atoms with Gasteiger partial charge in [0.25, 0.3) is 0 Å². The van der Waals surface area contributed by atoms with Gasteiger partial charge >= 0.3 is 0 Å². The third kappa shape index (κ3) is 3.41. The summed E-state index contributed by atoms with van der Waals surface area (Å²) in [5, 5.41) is 2.58. The molecular formula is C25H23NO. The van der Waals surface area contributed by atoms with Gasteiger partial charge in [-0.1, -0.05) is 43.4 Å². The molecule has 0 bridgehead atoms. The Morgan fingerprint density at radius 2 is 1.52 bits per heavy atom. The van der Waals surface area contributed by atoms with E-state index in [2.05, 4.69) is 65.8 Å². The van der Waals surface area contributed by atoms with Crippen molar-refractivity contribution in [3.8, 4) is 17.6 Å². The molecule has 134 valence electrons. The molecule has 2 nitrogen and oxygen atoms in total. The number of fused-ring (bicyclic) bond motifs is 3. The van der Waals surface area contributed by atoms with Crippen molar-refractivity contribution in [3.63, 3.8) is 0 Å². The second kappa shape index (κ2) is 7.60. The average Bonchev–Trinajstić information content (AvgIpc) is 3.04. The first-order valence-corrected chi connectivity index (χ1v) is 9.47. The summed E-state index contributed by atoms with van der Waals surface area (Å²) >= 11 is 0. The summed E-state index contributed by atoms with van der Waals surface area (Å²) in [6.45, 7) is 3.29. The van der Waals surface area contributed by atoms with Crippen molar-refractivity contribution < 1.29 is 4.74 Å². The summed E-state index contributed by atoms with van der Waals surface area (Å²) in [4.78, 5) is 0. The molecule has 0 radical (unpaired) electrons. The number of benzene rings is 3. The summed E-state index contributed by atoms with van der Waals surface area (Å²) in [6.07, 6.45) is 2.38. The maximum absolute atomic E-state index is 5.20. The minimum Gasteiger partial charge on any atom is -0.497 e. The highest BCUT2D eigenvalue weighted by molar-refractivity contribution is 6.08. The Balaban J connectivity index is 1.76. The van der Waals surface area contributed by atoms with E-state index in [1.165, 1.54) is 34.6 Å². The second-order valence-corrected chi connectivity index (χ2v) is 6.73. The number of aryl methyl sites for hydroxylation is 1. The molecule has 0 atom stereocenters. The zero-order valence-electron chi connectivity index (χ0n) is 15.8. The van der Waals surface area contributed by atoms with E-state index in [-0.39, 0.29) is 0 Å². The van der Waals surface area contributed by atoms with Gasteiger partial charge in [0.1, 0.15) is 5.75 Å². The fourth-order valence-corrected chi connectivity index (χ4v) is 3.51. The predicted molar refractivity (Wildman–Crippen MR) is 113 cm³/mol. The van der Waals surface area contributed by atoms with Crippen molar-refractivity contribution in [3.05, 3.63) is 77.9 Å². The molecule has 4 aromatic rings. The number of methoxy groups -OCH3 is 1. The molecule has 0 unspecified atom stereocenters. The number of para-hydroxylation sites is 1. The maximum Gasteiger partial charge on any atom is 0.118 e. The van der Waals surface area contributed by atoms with Crippen molar-refractivity contribution in [2.75, 3.05) is 7.11 Å². The first kappa shape index (κ1) is 17.2. The molecule has 1 aromatic heterocycles. The smallest absolute Gasteiger partial charge is 0.118 e. The third-order valence-corrected chi connectivity index (χ3v) is 4.95. The Labute approximate surface area is 160 Å². The first-order valence-electron chi connectivity index (χ1n) is 9.47. The largest absolute Gasteiger partial charge is 0.497 e. The molecule has 0 amide bonds. The van der Waals surface area contributed by atoms with Gasteiger partial charge in [-0.3, -0.25) is 0 Å². The van der Waals surface area contributed by atoms with Crippen LogP contribution in [0.15, 0.2) is 66.7 Å². The van der Waals surface area contributed by atoms with Gasteiger partial charge in [-0.15, -0.1) is 0 Å². The highest BCUT2D eigenvalue weighted by Gasteiger charge is 2.10. The van der Waals surface area contributed by atoms with Gasteiger partial charge in [0.2, 0.25) is 0 Å². The molecule has 0 saturated carbocycles. The summed E-state index contributed by atoms with van der Waals surface area (Å²) < 4.78 is 7.64. The molecule has 4 rings (SSSR count). The SMILES string of the molecule is CCCCn1c2ccccc2c2cc(C#Cc3ccc(OC)cc3)ccc21. The molecule has 0 aliphatic carbocycles. The van der Waals surface area contributed by atoms with Gasteiger partial charge in [-0.05, 0) is 55.0 Å². The maximum atomic E-state index is 5.20. The lowest BCUT2D eigenvalue weighted by Crippen LogP contribution is -1.96. The second-order valence-electron chi connectivity index (χ2n) is 6.73. The van der Waals surface area contributed by atoms with Crippen LogP contribution in [0, 0.1) is 11.8 Å². The van der Waals surface area contributed by atoms with Crippen LogP contribution in [-0.2, 0) is 6.54 Å². The quantitative estimate of drug-likeness (QED) is 0.410. The fraction of sp³-hybridized carbons (Fsp3) is 0.200. The highest BCUT2D eigenvalue weighted by Crippen LogP contribution is 2.30. The number of rotatable bonds is 4. The summed E-state index contributed by atoms with van der Waals surface area (Å²) in [5.74, 6) is 7.41. The van der Waals surface area contributed by atoms with Gasteiger partial charge < -0.3 is 9.30 Å². The van der Waals surface area contributed by atoms with Crippen LogP contribution in [0.3, 0.4) is 0 Å². The van der Waals surface area contributed by atoms with Crippen LogP contribution in [0.1, 0.15) is 30.9 Å². The Morgan fingerprint density at radius 3 is 2.30 bits per heavy atom. The molecule has 0 N–H and O–H groups in total. The van der Waals surface area contributed by atoms with Crippen LogP contribution in [0.25, 0.3) is 21.8 Å². The molecular weight excluding hydrogens is 330 g/mol. The van der Waals surface area contributed by atoms with E-state index in [1.807, 2.05) is 24.3 Å². The van der Waals surface area contributed by atoms with Crippen LogP contribution >= 0.6 is 0 Å². The number of aromatic nitrogens is 1. The summed E-state index contributed by atoms with van der Waals surface area (Å²) in [7, 11) is 1.67. The van der Waals surface area contributed by atoms with Crippen LogP contribution in [0.5, 0.6) is 5.75 Å². The topological polar surface area (TPSA) is 14.2 Å². The minimum absolute atomic E-state index is 0.849. The minimum atomic E-state index is 0.849. The van der Waals surface area contributed by atoms with E-state index in [9.17, 15) is 0 Å². The van der Waals surface area contributed by atoms with Crippen molar-refractivity contribution in [1.29, 1.82) is 0 Å². The monoisotopic (exact) mass is 353 g/mol. The molecule has 0 aliphatic rings. The standard InChI is InChI=1S/C25H23NO/c1-3-4-17-26-24-8-6-5-7-22(24)23-18-20(13-16-25(23)26)10-9-19-11-14-21(27-2)15-12-19/h5-8,11-16,18H,3-4,17H2,1-2H3. The van der Waals surface area contributed by atoms with Crippen molar-refractivity contribution in [1.82, 2.24) is 4.57 Å². The van der Waals surface area contributed by atoms with Gasteiger partial charge in [-0.25, -0.2) is 0 Å². The highest BCUT2D eigenvalue weighted by atomic mass is 16.5. The Bertz CT molecular complexity index is 1140. The summed E-state index contributed by atoms with van der Waals surface area (Å²) in [6, 6.07) is 23.1. The fourth-order valence-electron chi connectivity index (χ4n) is 3.51.